The van der Waals surface area contributed by atoms with Gasteiger partial charge >= 0.3 is 18.2 Å². The first-order valence-corrected chi connectivity index (χ1v) is 5.71. The highest BCUT2D eigenvalue weighted by atomic mass is 19.4. The van der Waals surface area contributed by atoms with Crippen molar-refractivity contribution in [3.8, 4) is 0 Å². The minimum absolute atomic E-state index is 0.243. The quantitative estimate of drug-likeness (QED) is 0.859. The number of benzene rings is 1. The number of aliphatic carboxylic acids is 1. The zero-order valence-electron chi connectivity index (χ0n) is 10.4. The van der Waals surface area contributed by atoms with Crippen LogP contribution < -0.4 is 4.90 Å². The number of anilines is 1. The van der Waals surface area contributed by atoms with Crippen molar-refractivity contribution in [3.63, 3.8) is 0 Å². The van der Waals surface area contributed by atoms with Crippen LogP contribution in [0.5, 0.6) is 0 Å². The maximum atomic E-state index is 12.6. The molecule has 112 valence electrons. The van der Waals surface area contributed by atoms with Crippen LogP contribution in [0.15, 0.2) is 24.3 Å². The fourth-order valence-corrected chi connectivity index (χ4v) is 1.91. The van der Waals surface area contributed by atoms with Gasteiger partial charge in [-0.3, -0.25) is 9.59 Å². The van der Waals surface area contributed by atoms with E-state index in [9.17, 15) is 27.6 Å². The first kappa shape index (κ1) is 14.8. The van der Waals surface area contributed by atoms with Crippen LogP contribution in [0.4, 0.5) is 23.7 Å². The lowest BCUT2D eigenvalue weighted by molar-refractivity contribution is -0.138. The molecule has 0 unspecified atom stereocenters. The number of carbonyl (C=O) groups is 3. The van der Waals surface area contributed by atoms with E-state index < -0.39 is 42.7 Å². The van der Waals surface area contributed by atoms with Gasteiger partial charge in [0.25, 0.3) is 5.91 Å². The van der Waals surface area contributed by atoms with Crippen LogP contribution in [0.25, 0.3) is 0 Å². The van der Waals surface area contributed by atoms with E-state index in [0.717, 1.165) is 17.0 Å². The molecule has 0 spiro atoms. The zero-order chi connectivity index (χ0) is 15.8. The molecule has 3 amide bonds. The molecular weight excluding hydrogens is 293 g/mol. The molecule has 1 aromatic rings. The smallest absolute Gasteiger partial charge is 0.416 e. The first-order chi connectivity index (χ1) is 9.70. The Morgan fingerprint density at radius 1 is 1.29 bits per heavy atom. The summed E-state index contributed by atoms with van der Waals surface area (Å²) in [6, 6.07) is 2.76. The van der Waals surface area contributed by atoms with Gasteiger partial charge in [0.1, 0.15) is 13.1 Å². The Kier molecular flexibility index (Phi) is 3.58. The van der Waals surface area contributed by atoms with Gasteiger partial charge in [-0.25, -0.2) is 9.69 Å². The Balaban J connectivity index is 2.32. The number of carboxylic acid groups (broad SMARTS) is 1. The molecule has 1 heterocycles. The van der Waals surface area contributed by atoms with Gasteiger partial charge in [0.15, 0.2) is 0 Å². The number of nitrogens with zero attached hydrogens (tertiary/aromatic N) is 2. The van der Waals surface area contributed by atoms with Gasteiger partial charge < -0.3 is 10.0 Å². The molecule has 0 saturated carbocycles. The summed E-state index contributed by atoms with van der Waals surface area (Å²) in [7, 11) is 0. The summed E-state index contributed by atoms with van der Waals surface area (Å²) < 4.78 is 37.9. The van der Waals surface area contributed by atoms with Gasteiger partial charge in [-0.05, 0) is 18.2 Å². The van der Waals surface area contributed by atoms with E-state index in [1.165, 1.54) is 6.07 Å². The van der Waals surface area contributed by atoms with Gasteiger partial charge in [-0.2, -0.15) is 13.2 Å². The van der Waals surface area contributed by atoms with Crippen molar-refractivity contribution in [3.05, 3.63) is 29.8 Å². The fraction of sp³-hybridized carbons (Fsp3) is 0.250. The molecule has 1 fully saturated rings. The minimum Gasteiger partial charge on any atom is -0.480 e. The molecule has 1 aliphatic heterocycles. The van der Waals surface area contributed by atoms with Crippen LogP contribution in [0.1, 0.15) is 5.56 Å². The SMILES string of the molecule is O=C(O)CN1CC(=O)N(c2cccc(C(F)(F)F)c2)C1=O. The molecule has 0 radical (unpaired) electrons. The molecule has 1 aliphatic rings. The lowest BCUT2D eigenvalue weighted by Gasteiger charge is -2.17. The average molecular weight is 302 g/mol. The molecule has 2 rings (SSSR count). The van der Waals surface area contributed by atoms with Crippen molar-refractivity contribution in [2.75, 3.05) is 18.0 Å². The summed E-state index contributed by atoms with van der Waals surface area (Å²) >= 11 is 0. The molecule has 0 aliphatic carbocycles. The summed E-state index contributed by atoms with van der Waals surface area (Å²) in [6.07, 6.45) is -4.61. The molecule has 1 saturated heterocycles. The Morgan fingerprint density at radius 2 is 1.95 bits per heavy atom. The Morgan fingerprint density at radius 3 is 2.52 bits per heavy atom. The van der Waals surface area contributed by atoms with E-state index >= 15 is 0 Å². The van der Waals surface area contributed by atoms with Gasteiger partial charge in [0.2, 0.25) is 0 Å². The molecule has 6 nitrogen and oxygen atoms in total. The molecule has 1 aromatic carbocycles. The third-order valence-corrected chi connectivity index (χ3v) is 2.80. The minimum atomic E-state index is -4.61. The number of amides is 3. The predicted molar refractivity (Wildman–Crippen MR) is 63.5 cm³/mol. The van der Waals surface area contributed by atoms with Gasteiger partial charge in [0.05, 0.1) is 11.3 Å². The average Bonchev–Trinajstić information content (AvgIpc) is 2.63. The van der Waals surface area contributed by atoms with E-state index in [0.29, 0.717) is 11.0 Å². The van der Waals surface area contributed by atoms with Crippen LogP contribution in [-0.4, -0.2) is 41.0 Å². The van der Waals surface area contributed by atoms with E-state index in [2.05, 4.69) is 0 Å². The number of carbonyl (C=O) groups excluding carboxylic acids is 2. The van der Waals surface area contributed by atoms with Crippen molar-refractivity contribution in [2.24, 2.45) is 0 Å². The third-order valence-electron chi connectivity index (χ3n) is 2.80. The van der Waals surface area contributed by atoms with Crippen molar-refractivity contribution in [1.82, 2.24) is 4.90 Å². The van der Waals surface area contributed by atoms with E-state index in [1.807, 2.05) is 0 Å². The molecule has 9 heteroatoms. The predicted octanol–water partition coefficient (Wildman–Crippen LogP) is 1.56. The van der Waals surface area contributed by atoms with Crippen molar-refractivity contribution in [2.45, 2.75) is 6.18 Å². The number of imide groups is 1. The number of urea groups is 1. The summed E-state index contributed by atoms with van der Waals surface area (Å²) in [4.78, 5) is 35.5. The topological polar surface area (TPSA) is 77.9 Å². The normalized spacial score (nSPS) is 15.8. The summed E-state index contributed by atoms with van der Waals surface area (Å²) in [5.41, 5.74) is -1.25. The standard InChI is InChI=1S/C12H9F3N2O4/c13-12(14,15)7-2-1-3-8(4-7)17-9(18)5-16(11(17)21)6-10(19)20/h1-4H,5-6H2,(H,19,20). The number of hydrogen-bond donors (Lipinski definition) is 1. The first-order valence-electron chi connectivity index (χ1n) is 5.71. The van der Waals surface area contributed by atoms with E-state index in [-0.39, 0.29) is 5.69 Å². The molecule has 1 N–H and O–H groups in total. The summed E-state index contributed by atoms with van der Waals surface area (Å²) in [5.74, 6) is -2.09. The third kappa shape index (κ3) is 2.96. The number of rotatable bonds is 3. The monoisotopic (exact) mass is 302 g/mol. The van der Waals surface area contributed by atoms with Gasteiger partial charge in [0, 0.05) is 0 Å². The largest absolute Gasteiger partial charge is 0.480 e. The fourth-order valence-electron chi connectivity index (χ4n) is 1.91. The molecule has 0 atom stereocenters. The van der Waals surface area contributed by atoms with Crippen LogP contribution in [0.2, 0.25) is 0 Å². The highest BCUT2D eigenvalue weighted by Gasteiger charge is 2.39. The lowest BCUT2D eigenvalue weighted by Crippen LogP contribution is -2.35. The molecular formula is C12H9F3N2O4. The van der Waals surface area contributed by atoms with Crippen LogP contribution in [-0.2, 0) is 15.8 Å². The van der Waals surface area contributed by atoms with E-state index in [4.69, 9.17) is 5.11 Å². The number of halogens is 3. The maximum Gasteiger partial charge on any atom is 0.416 e. The van der Waals surface area contributed by atoms with Gasteiger partial charge in [-0.15, -0.1) is 0 Å². The van der Waals surface area contributed by atoms with Crippen LogP contribution in [0.3, 0.4) is 0 Å². The molecule has 0 bridgehead atoms. The summed E-state index contributed by atoms with van der Waals surface area (Å²) in [5, 5.41) is 8.61. The van der Waals surface area contributed by atoms with E-state index in [1.54, 1.807) is 0 Å². The Labute approximate surface area is 116 Å². The number of carboxylic acids is 1. The van der Waals surface area contributed by atoms with Crippen molar-refractivity contribution in [1.29, 1.82) is 0 Å². The second kappa shape index (κ2) is 5.08. The molecule has 0 aromatic heterocycles. The van der Waals surface area contributed by atoms with Crippen molar-refractivity contribution < 1.29 is 32.7 Å². The lowest BCUT2D eigenvalue weighted by atomic mass is 10.2. The zero-order valence-corrected chi connectivity index (χ0v) is 10.4. The highest BCUT2D eigenvalue weighted by molar-refractivity contribution is 6.20. The van der Waals surface area contributed by atoms with Crippen LogP contribution in [0, 0.1) is 0 Å². The maximum absolute atomic E-state index is 12.6. The Bertz CT molecular complexity index is 615. The van der Waals surface area contributed by atoms with Gasteiger partial charge in [-0.1, -0.05) is 6.07 Å². The van der Waals surface area contributed by atoms with Crippen LogP contribution >= 0.6 is 0 Å². The van der Waals surface area contributed by atoms with Crippen molar-refractivity contribution >= 4 is 23.6 Å². The number of hydrogen-bond acceptors (Lipinski definition) is 3. The molecule has 21 heavy (non-hydrogen) atoms. The number of alkyl halides is 3. The second-order valence-electron chi connectivity index (χ2n) is 4.31. The second-order valence-corrected chi connectivity index (χ2v) is 4.31. The highest BCUT2D eigenvalue weighted by Crippen LogP contribution is 2.32. The Hall–Kier alpha value is -2.58. The summed E-state index contributed by atoms with van der Waals surface area (Å²) in [6.45, 7) is -1.18.